The van der Waals surface area contributed by atoms with Crippen LogP contribution in [-0.4, -0.2) is 29.3 Å². The van der Waals surface area contributed by atoms with Crippen molar-refractivity contribution in [3.8, 4) is 0 Å². The second-order valence-corrected chi connectivity index (χ2v) is 3.38. The van der Waals surface area contributed by atoms with Gasteiger partial charge in [-0.3, -0.25) is 14.9 Å². The maximum atomic E-state index is 11.2. The molecule has 2 N–H and O–H groups in total. The van der Waals surface area contributed by atoms with Gasteiger partial charge in [0.25, 0.3) is 5.69 Å². The second-order valence-electron chi connectivity index (χ2n) is 3.38. The number of nitro benzene ring substituents is 1. The summed E-state index contributed by atoms with van der Waals surface area (Å²) >= 11 is 0. The van der Waals surface area contributed by atoms with Gasteiger partial charge in [-0.2, -0.15) is 0 Å². The molecule has 0 fully saturated rings. The third-order valence-corrected chi connectivity index (χ3v) is 2.14. The highest BCUT2D eigenvalue weighted by atomic mass is 16.6. The quantitative estimate of drug-likeness (QED) is 0.595. The van der Waals surface area contributed by atoms with Crippen molar-refractivity contribution in [2.24, 2.45) is 5.73 Å². The predicted molar refractivity (Wildman–Crippen MR) is 58.6 cm³/mol. The van der Waals surface area contributed by atoms with Crippen LogP contribution in [0.4, 0.5) is 5.69 Å². The maximum Gasteiger partial charge on any atom is 0.269 e. The molecule has 16 heavy (non-hydrogen) atoms. The van der Waals surface area contributed by atoms with Crippen LogP contribution in [0.3, 0.4) is 0 Å². The van der Waals surface area contributed by atoms with Crippen molar-refractivity contribution in [1.82, 2.24) is 4.90 Å². The number of rotatable bonds is 4. The molecule has 1 aromatic rings. The highest BCUT2D eigenvalue weighted by molar-refractivity contribution is 5.77. The van der Waals surface area contributed by atoms with E-state index in [4.69, 9.17) is 5.73 Å². The monoisotopic (exact) mass is 223 g/mol. The van der Waals surface area contributed by atoms with Crippen LogP contribution in [0.1, 0.15) is 5.56 Å². The minimum atomic E-state index is -0.464. The number of hydrogen-bond donors (Lipinski definition) is 1. The molecule has 0 saturated heterocycles. The number of nitrogens with two attached hydrogens (primary N) is 1. The lowest BCUT2D eigenvalue weighted by Gasteiger charge is -2.15. The second kappa shape index (κ2) is 5.22. The Labute approximate surface area is 92.8 Å². The molecule has 1 amide bonds. The molecule has 0 aromatic heterocycles. The molecule has 0 unspecified atom stereocenters. The lowest BCUT2D eigenvalue weighted by atomic mass is 10.2. The molecule has 0 atom stereocenters. The zero-order valence-corrected chi connectivity index (χ0v) is 8.92. The number of nitrogens with zero attached hydrogens (tertiary/aromatic N) is 2. The summed E-state index contributed by atoms with van der Waals surface area (Å²) in [6, 6.07) is 6.18. The minimum absolute atomic E-state index is 0.0195. The number of amides is 1. The Morgan fingerprint density at radius 3 is 2.81 bits per heavy atom. The van der Waals surface area contributed by atoms with E-state index in [0.29, 0.717) is 12.1 Å². The van der Waals surface area contributed by atoms with Crippen molar-refractivity contribution < 1.29 is 9.72 Å². The molecule has 0 heterocycles. The van der Waals surface area contributed by atoms with Crippen LogP contribution in [-0.2, 0) is 11.3 Å². The normalized spacial score (nSPS) is 9.88. The van der Waals surface area contributed by atoms with Gasteiger partial charge in [-0.1, -0.05) is 12.1 Å². The average molecular weight is 223 g/mol. The first-order valence-electron chi connectivity index (χ1n) is 4.72. The van der Waals surface area contributed by atoms with E-state index in [9.17, 15) is 14.9 Å². The number of benzene rings is 1. The highest BCUT2D eigenvalue weighted by Gasteiger charge is 2.10. The first-order chi connectivity index (χ1) is 7.54. The van der Waals surface area contributed by atoms with Crippen LogP contribution < -0.4 is 5.73 Å². The van der Waals surface area contributed by atoms with E-state index in [1.54, 1.807) is 19.2 Å². The lowest BCUT2D eigenvalue weighted by Crippen LogP contribution is -2.32. The molecule has 0 aliphatic heterocycles. The summed E-state index contributed by atoms with van der Waals surface area (Å²) in [6.45, 7) is 0.253. The van der Waals surface area contributed by atoms with Crippen molar-refractivity contribution in [2.45, 2.75) is 6.54 Å². The highest BCUT2D eigenvalue weighted by Crippen LogP contribution is 2.14. The molecule has 0 spiro atoms. The maximum absolute atomic E-state index is 11.2. The van der Waals surface area contributed by atoms with Crippen molar-refractivity contribution in [1.29, 1.82) is 0 Å². The van der Waals surface area contributed by atoms with E-state index in [-0.39, 0.29) is 18.1 Å². The molecular formula is C10H13N3O3. The summed E-state index contributed by atoms with van der Waals surface area (Å²) in [7, 11) is 1.61. The van der Waals surface area contributed by atoms with Gasteiger partial charge in [0.1, 0.15) is 0 Å². The van der Waals surface area contributed by atoms with E-state index in [1.165, 1.54) is 17.0 Å². The van der Waals surface area contributed by atoms with Gasteiger partial charge in [-0.25, -0.2) is 0 Å². The van der Waals surface area contributed by atoms with Gasteiger partial charge in [-0.05, 0) is 5.56 Å². The number of carbonyl (C=O) groups is 1. The van der Waals surface area contributed by atoms with Crippen molar-refractivity contribution in [3.63, 3.8) is 0 Å². The molecule has 6 nitrogen and oxygen atoms in total. The van der Waals surface area contributed by atoms with Gasteiger partial charge in [0, 0.05) is 25.7 Å². The van der Waals surface area contributed by atoms with Crippen LogP contribution in [0.15, 0.2) is 24.3 Å². The average Bonchev–Trinajstić information content (AvgIpc) is 2.28. The fourth-order valence-electron chi connectivity index (χ4n) is 1.29. The predicted octanol–water partition coefficient (Wildman–Crippen LogP) is 0.512. The van der Waals surface area contributed by atoms with Gasteiger partial charge >= 0.3 is 0 Å². The zero-order chi connectivity index (χ0) is 12.1. The SMILES string of the molecule is CN(Cc1cccc([N+](=O)[O-])c1)C(=O)CN. The van der Waals surface area contributed by atoms with E-state index < -0.39 is 4.92 Å². The Morgan fingerprint density at radius 1 is 1.56 bits per heavy atom. The van der Waals surface area contributed by atoms with E-state index >= 15 is 0 Å². The van der Waals surface area contributed by atoms with E-state index in [2.05, 4.69) is 0 Å². The van der Waals surface area contributed by atoms with E-state index in [0.717, 1.165) is 0 Å². The van der Waals surface area contributed by atoms with Gasteiger partial charge in [0.05, 0.1) is 11.5 Å². The fourth-order valence-corrected chi connectivity index (χ4v) is 1.29. The van der Waals surface area contributed by atoms with Crippen LogP contribution in [0, 0.1) is 10.1 Å². The van der Waals surface area contributed by atoms with Gasteiger partial charge in [0.15, 0.2) is 0 Å². The Morgan fingerprint density at radius 2 is 2.25 bits per heavy atom. The van der Waals surface area contributed by atoms with Gasteiger partial charge < -0.3 is 10.6 Å². The molecule has 1 rings (SSSR count). The Hall–Kier alpha value is -1.95. The largest absolute Gasteiger partial charge is 0.340 e. The Bertz CT molecular complexity index is 406. The van der Waals surface area contributed by atoms with E-state index in [1.807, 2.05) is 0 Å². The fraction of sp³-hybridized carbons (Fsp3) is 0.300. The first-order valence-corrected chi connectivity index (χ1v) is 4.72. The Kier molecular flexibility index (Phi) is 3.96. The molecule has 0 bridgehead atoms. The Balaban J connectivity index is 2.78. The summed E-state index contributed by atoms with van der Waals surface area (Å²) in [5.41, 5.74) is 5.93. The number of non-ortho nitro benzene ring substituents is 1. The molecular weight excluding hydrogens is 210 g/mol. The standard InChI is InChI=1S/C10H13N3O3/c1-12(10(14)6-11)7-8-3-2-4-9(5-8)13(15)16/h2-5H,6-7,11H2,1H3. The summed E-state index contributed by atoms with van der Waals surface area (Å²) in [6.07, 6.45) is 0. The van der Waals surface area contributed by atoms with Crippen LogP contribution in [0.2, 0.25) is 0 Å². The number of hydrogen-bond acceptors (Lipinski definition) is 4. The number of nitro groups is 1. The molecule has 6 heteroatoms. The van der Waals surface area contributed by atoms with Crippen molar-refractivity contribution >= 4 is 11.6 Å². The smallest absolute Gasteiger partial charge is 0.269 e. The molecule has 1 aromatic carbocycles. The molecule has 86 valence electrons. The van der Waals surface area contributed by atoms with Crippen LogP contribution in [0.25, 0.3) is 0 Å². The van der Waals surface area contributed by atoms with Crippen molar-refractivity contribution in [2.75, 3.05) is 13.6 Å². The molecule has 0 radical (unpaired) electrons. The topological polar surface area (TPSA) is 89.5 Å². The van der Waals surface area contributed by atoms with Gasteiger partial charge in [0.2, 0.25) is 5.91 Å². The zero-order valence-electron chi connectivity index (χ0n) is 8.92. The number of likely N-dealkylation sites (N-methyl/N-ethyl adjacent to an activating group) is 1. The molecule has 0 saturated carbocycles. The molecule has 0 aliphatic rings. The third kappa shape index (κ3) is 3.03. The summed E-state index contributed by atoms with van der Waals surface area (Å²) in [5.74, 6) is -0.202. The minimum Gasteiger partial charge on any atom is -0.340 e. The number of carbonyl (C=O) groups excluding carboxylic acids is 1. The first kappa shape index (κ1) is 12.1. The lowest BCUT2D eigenvalue weighted by molar-refractivity contribution is -0.384. The van der Waals surface area contributed by atoms with Gasteiger partial charge in [-0.15, -0.1) is 0 Å². The van der Waals surface area contributed by atoms with Crippen LogP contribution >= 0.6 is 0 Å². The summed E-state index contributed by atoms with van der Waals surface area (Å²) in [5, 5.41) is 10.5. The molecule has 0 aliphatic carbocycles. The van der Waals surface area contributed by atoms with Crippen molar-refractivity contribution in [3.05, 3.63) is 39.9 Å². The summed E-state index contributed by atoms with van der Waals surface area (Å²) < 4.78 is 0. The summed E-state index contributed by atoms with van der Waals surface area (Å²) in [4.78, 5) is 22.7. The van der Waals surface area contributed by atoms with Crippen LogP contribution in [0.5, 0.6) is 0 Å². The third-order valence-electron chi connectivity index (χ3n) is 2.14.